The molecule has 1 aliphatic heterocycles. The molecule has 7 heteroatoms. The van der Waals surface area contributed by atoms with Crippen molar-refractivity contribution in [2.24, 2.45) is 0 Å². The van der Waals surface area contributed by atoms with Crippen molar-refractivity contribution in [3.05, 3.63) is 5.82 Å². The zero-order valence-electron chi connectivity index (χ0n) is 12.6. The van der Waals surface area contributed by atoms with E-state index in [1.165, 1.54) is 44.1 Å². The third kappa shape index (κ3) is 5.00. The highest BCUT2D eigenvalue weighted by atomic mass is 32.2. The van der Waals surface area contributed by atoms with Crippen molar-refractivity contribution in [2.75, 3.05) is 25.4 Å². The summed E-state index contributed by atoms with van der Waals surface area (Å²) in [5.74, 6) is 0.193. The average Bonchev–Trinajstić information content (AvgIpc) is 2.86. The Morgan fingerprint density at radius 3 is 2.67 bits per heavy atom. The van der Waals surface area contributed by atoms with E-state index in [1.807, 2.05) is 0 Å². The number of carboxylic acids is 1. The number of carbonyl (C=O) groups is 1. The fourth-order valence-corrected chi connectivity index (χ4v) is 3.31. The molecule has 1 aromatic rings. The second-order valence-corrected chi connectivity index (χ2v) is 6.33. The summed E-state index contributed by atoms with van der Waals surface area (Å²) >= 11 is 1.26. The number of thioether (sulfide) groups is 1. The van der Waals surface area contributed by atoms with Crippen molar-refractivity contribution in [3.8, 4) is 0 Å². The van der Waals surface area contributed by atoms with Gasteiger partial charge in [-0.05, 0) is 32.4 Å². The molecule has 1 fully saturated rings. The van der Waals surface area contributed by atoms with Gasteiger partial charge in [0.05, 0.1) is 5.75 Å². The van der Waals surface area contributed by atoms with Crippen LogP contribution in [0.2, 0.25) is 0 Å². The van der Waals surface area contributed by atoms with Crippen molar-refractivity contribution in [1.29, 1.82) is 0 Å². The molecule has 0 atom stereocenters. The van der Waals surface area contributed by atoms with Gasteiger partial charge >= 0.3 is 5.97 Å². The molecule has 21 heavy (non-hydrogen) atoms. The number of aliphatic carboxylic acids is 1. The topological polar surface area (TPSA) is 71.2 Å². The summed E-state index contributed by atoms with van der Waals surface area (Å²) in [6.07, 6.45) is 5.81. The highest BCUT2D eigenvalue weighted by Crippen LogP contribution is 2.18. The smallest absolute Gasteiger partial charge is 0.313 e. The molecule has 0 bridgehead atoms. The van der Waals surface area contributed by atoms with Gasteiger partial charge in [0.1, 0.15) is 5.82 Å². The number of aromatic nitrogens is 3. The van der Waals surface area contributed by atoms with Crippen LogP contribution in [0.25, 0.3) is 0 Å². The molecule has 0 aromatic carbocycles. The van der Waals surface area contributed by atoms with E-state index in [-0.39, 0.29) is 5.75 Å². The van der Waals surface area contributed by atoms with Gasteiger partial charge in [-0.2, -0.15) is 0 Å². The molecule has 1 aromatic heterocycles. The number of rotatable bonds is 8. The SMILES string of the molecule is CCCc1nnc(SCC(=O)O)n1CCN1CCCCC1. The molecule has 1 saturated heterocycles. The van der Waals surface area contributed by atoms with Crippen LogP contribution in [0.1, 0.15) is 38.4 Å². The Balaban J connectivity index is 1.98. The lowest BCUT2D eigenvalue weighted by Gasteiger charge is -2.26. The van der Waals surface area contributed by atoms with E-state index in [0.717, 1.165) is 36.9 Å². The van der Waals surface area contributed by atoms with E-state index >= 15 is 0 Å². The lowest BCUT2D eigenvalue weighted by Crippen LogP contribution is -2.33. The predicted octanol–water partition coefficient (Wildman–Crippen LogP) is 1.89. The van der Waals surface area contributed by atoms with Crippen LogP contribution in [0, 0.1) is 0 Å². The van der Waals surface area contributed by atoms with Crippen LogP contribution in [-0.2, 0) is 17.8 Å². The molecule has 0 radical (unpaired) electrons. The number of nitrogens with zero attached hydrogens (tertiary/aromatic N) is 4. The van der Waals surface area contributed by atoms with Crippen molar-refractivity contribution >= 4 is 17.7 Å². The second-order valence-electron chi connectivity index (χ2n) is 5.39. The van der Waals surface area contributed by atoms with Crippen molar-refractivity contribution < 1.29 is 9.90 Å². The van der Waals surface area contributed by atoms with Crippen molar-refractivity contribution in [2.45, 2.75) is 50.7 Å². The molecule has 6 nitrogen and oxygen atoms in total. The number of hydrogen-bond acceptors (Lipinski definition) is 5. The summed E-state index contributed by atoms with van der Waals surface area (Å²) in [7, 11) is 0. The molecule has 0 saturated carbocycles. The first-order chi connectivity index (χ1) is 10.2. The molecule has 1 aliphatic rings. The van der Waals surface area contributed by atoms with Crippen LogP contribution in [-0.4, -0.2) is 56.1 Å². The normalized spacial score (nSPS) is 16.2. The molecular formula is C14H24N4O2S. The van der Waals surface area contributed by atoms with Gasteiger partial charge in [-0.15, -0.1) is 10.2 Å². The molecule has 118 valence electrons. The Labute approximate surface area is 129 Å². The van der Waals surface area contributed by atoms with Gasteiger partial charge in [0.15, 0.2) is 5.16 Å². The van der Waals surface area contributed by atoms with Gasteiger partial charge in [0.25, 0.3) is 0 Å². The van der Waals surface area contributed by atoms with Gasteiger partial charge in [0.2, 0.25) is 0 Å². The molecule has 0 unspecified atom stereocenters. The fraction of sp³-hybridized carbons (Fsp3) is 0.786. The first-order valence-corrected chi connectivity index (χ1v) is 8.68. The Kier molecular flexibility index (Phi) is 6.50. The quantitative estimate of drug-likeness (QED) is 0.739. The summed E-state index contributed by atoms with van der Waals surface area (Å²) < 4.78 is 2.10. The van der Waals surface area contributed by atoms with Gasteiger partial charge in [-0.3, -0.25) is 4.79 Å². The summed E-state index contributed by atoms with van der Waals surface area (Å²) in [4.78, 5) is 13.2. The number of hydrogen-bond donors (Lipinski definition) is 1. The van der Waals surface area contributed by atoms with Crippen LogP contribution < -0.4 is 0 Å². The Bertz CT molecular complexity index is 458. The summed E-state index contributed by atoms with van der Waals surface area (Å²) in [6.45, 7) is 6.30. The molecule has 0 spiro atoms. The van der Waals surface area contributed by atoms with Crippen molar-refractivity contribution in [3.63, 3.8) is 0 Å². The maximum Gasteiger partial charge on any atom is 0.313 e. The monoisotopic (exact) mass is 312 g/mol. The first-order valence-electron chi connectivity index (χ1n) is 7.69. The maximum atomic E-state index is 10.7. The molecule has 1 N–H and O–H groups in total. The fourth-order valence-electron chi connectivity index (χ4n) is 2.61. The number of carboxylic acid groups (broad SMARTS) is 1. The maximum absolute atomic E-state index is 10.7. The molecule has 2 heterocycles. The first kappa shape index (κ1) is 16.3. The minimum absolute atomic E-state index is 0.0357. The highest BCUT2D eigenvalue weighted by Gasteiger charge is 2.15. The van der Waals surface area contributed by atoms with Gasteiger partial charge in [-0.1, -0.05) is 25.1 Å². The Morgan fingerprint density at radius 1 is 1.24 bits per heavy atom. The van der Waals surface area contributed by atoms with Gasteiger partial charge in [0, 0.05) is 19.5 Å². The van der Waals surface area contributed by atoms with E-state index in [4.69, 9.17) is 5.11 Å². The molecular weight excluding hydrogens is 288 g/mol. The van der Waals surface area contributed by atoms with Crippen LogP contribution in [0.4, 0.5) is 0 Å². The molecule has 2 rings (SSSR count). The summed E-state index contributed by atoms with van der Waals surface area (Å²) in [5.41, 5.74) is 0. The van der Waals surface area contributed by atoms with Crippen LogP contribution in [0.5, 0.6) is 0 Å². The van der Waals surface area contributed by atoms with Crippen LogP contribution >= 0.6 is 11.8 Å². The van der Waals surface area contributed by atoms with E-state index in [0.29, 0.717) is 0 Å². The largest absolute Gasteiger partial charge is 0.481 e. The van der Waals surface area contributed by atoms with E-state index in [2.05, 4.69) is 26.6 Å². The number of aryl methyl sites for hydroxylation is 1. The lowest BCUT2D eigenvalue weighted by molar-refractivity contribution is -0.133. The van der Waals surface area contributed by atoms with Crippen LogP contribution in [0.15, 0.2) is 5.16 Å². The average molecular weight is 312 g/mol. The van der Waals surface area contributed by atoms with Crippen LogP contribution in [0.3, 0.4) is 0 Å². The molecule has 0 amide bonds. The highest BCUT2D eigenvalue weighted by molar-refractivity contribution is 7.99. The Hall–Kier alpha value is -1.08. The van der Waals surface area contributed by atoms with Gasteiger partial charge < -0.3 is 14.6 Å². The molecule has 0 aliphatic carbocycles. The minimum atomic E-state index is -0.817. The lowest BCUT2D eigenvalue weighted by atomic mass is 10.1. The van der Waals surface area contributed by atoms with Crippen molar-refractivity contribution in [1.82, 2.24) is 19.7 Å². The third-order valence-electron chi connectivity index (χ3n) is 3.68. The zero-order chi connectivity index (χ0) is 15.1. The second kappa shape index (κ2) is 8.38. The van der Waals surface area contributed by atoms with E-state index in [9.17, 15) is 4.79 Å². The van der Waals surface area contributed by atoms with E-state index < -0.39 is 5.97 Å². The number of likely N-dealkylation sites (tertiary alicyclic amines) is 1. The summed E-state index contributed by atoms with van der Waals surface area (Å²) in [6, 6.07) is 0. The Morgan fingerprint density at radius 2 is 2.00 bits per heavy atom. The van der Waals surface area contributed by atoms with Gasteiger partial charge in [-0.25, -0.2) is 0 Å². The standard InChI is InChI=1S/C14H24N4O2S/c1-2-6-12-15-16-14(21-11-13(19)20)18(12)10-9-17-7-4-3-5-8-17/h2-11H2,1H3,(H,19,20). The number of piperidine rings is 1. The van der Waals surface area contributed by atoms with E-state index in [1.54, 1.807) is 0 Å². The minimum Gasteiger partial charge on any atom is -0.481 e. The summed E-state index contributed by atoms with van der Waals surface area (Å²) in [5, 5.41) is 18.0. The predicted molar refractivity (Wildman–Crippen MR) is 82.7 cm³/mol. The third-order valence-corrected chi connectivity index (χ3v) is 4.63. The zero-order valence-corrected chi connectivity index (χ0v) is 13.4.